The Balaban J connectivity index is 1.61. The minimum absolute atomic E-state index is 0.655. The molecule has 7 aromatic carbocycles. The van der Waals surface area contributed by atoms with E-state index in [1.165, 1.54) is 22.3 Å². The van der Waals surface area contributed by atoms with Gasteiger partial charge in [-0.15, -0.1) is 0 Å². The van der Waals surface area contributed by atoms with E-state index < -0.39 is 11.2 Å². The highest BCUT2D eigenvalue weighted by atomic mass is 16.3. The van der Waals surface area contributed by atoms with Gasteiger partial charge in [0.1, 0.15) is 11.2 Å². The molecule has 1 aliphatic carbocycles. The molecular formula is C52H46O2. The summed E-state index contributed by atoms with van der Waals surface area (Å²) in [6.45, 7) is 12.8. The first-order chi connectivity index (χ1) is 26.1. The largest absolute Gasteiger partial charge is 0.376 e. The molecule has 266 valence electrons. The molecule has 8 rings (SSSR count). The average Bonchev–Trinajstić information content (AvgIpc) is 3.22. The summed E-state index contributed by atoms with van der Waals surface area (Å²) in [5, 5.41) is 30.2. The van der Waals surface area contributed by atoms with Gasteiger partial charge in [-0.25, -0.2) is 0 Å². The molecule has 1 aliphatic rings. The van der Waals surface area contributed by atoms with Gasteiger partial charge in [0.15, 0.2) is 0 Å². The van der Waals surface area contributed by atoms with Crippen molar-refractivity contribution in [3.63, 3.8) is 0 Å². The summed E-state index contributed by atoms with van der Waals surface area (Å²) in [7, 11) is 0. The average molecular weight is 703 g/mol. The Labute approximate surface area is 319 Å². The Morgan fingerprint density at radius 1 is 0.370 bits per heavy atom. The third-order valence-corrected chi connectivity index (χ3v) is 11.7. The normalized spacial score (nSPS) is 17.4. The summed E-state index contributed by atoms with van der Waals surface area (Å²) in [4.78, 5) is 0. The molecule has 0 aromatic heterocycles. The Morgan fingerprint density at radius 2 is 0.685 bits per heavy atom. The van der Waals surface area contributed by atoms with Crippen LogP contribution in [0.4, 0.5) is 0 Å². The van der Waals surface area contributed by atoms with Crippen molar-refractivity contribution in [1.82, 2.24) is 0 Å². The number of benzene rings is 7. The Morgan fingerprint density at radius 3 is 1.02 bits per heavy atom. The van der Waals surface area contributed by atoms with Crippen LogP contribution < -0.4 is 0 Å². The topological polar surface area (TPSA) is 40.5 Å². The van der Waals surface area contributed by atoms with Gasteiger partial charge < -0.3 is 10.2 Å². The van der Waals surface area contributed by atoms with E-state index in [1.807, 2.05) is 60.7 Å². The highest BCUT2D eigenvalue weighted by molar-refractivity contribution is 6.09. The molecule has 2 atom stereocenters. The third-order valence-electron chi connectivity index (χ3n) is 11.7. The molecule has 0 spiro atoms. The van der Waals surface area contributed by atoms with Crippen molar-refractivity contribution in [1.29, 1.82) is 0 Å². The molecule has 2 nitrogen and oxygen atoms in total. The van der Waals surface area contributed by atoms with Crippen molar-refractivity contribution in [3.8, 4) is 22.3 Å². The number of aliphatic hydroxyl groups is 2. The van der Waals surface area contributed by atoms with Crippen LogP contribution in [0.3, 0.4) is 0 Å². The maximum Gasteiger partial charge on any atom is 0.142 e. The van der Waals surface area contributed by atoms with E-state index >= 15 is 0 Å². The Kier molecular flexibility index (Phi) is 8.85. The highest BCUT2D eigenvalue weighted by Gasteiger charge is 2.54. The summed E-state index contributed by atoms with van der Waals surface area (Å²) in [5.74, 6) is 0. The summed E-state index contributed by atoms with van der Waals surface area (Å²) in [5.41, 5.74) is 11.7. The standard InChI is InChI=1S/C52H46O2/c1-33(2)35(5)37-25-29-41(30-26-37)51(53)45-23-15-16-24-46(45)52(54,42-31-27-38(28-32-42)36(6)34(3)4)50-48(40-19-11-8-12-20-40)44-22-14-13-21-43(44)47(49(50)51)39-17-9-7-10-18-39/h7-32,53-54H,1-6H3. The van der Waals surface area contributed by atoms with Gasteiger partial charge in [-0.1, -0.05) is 169 Å². The van der Waals surface area contributed by atoms with Crippen LogP contribution >= 0.6 is 0 Å². The minimum Gasteiger partial charge on any atom is -0.376 e. The van der Waals surface area contributed by atoms with Crippen LogP contribution in [0.2, 0.25) is 0 Å². The maximum absolute atomic E-state index is 14.1. The lowest BCUT2D eigenvalue weighted by Crippen LogP contribution is -2.45. The fourth-order valence-corrected chi connectivity index (χ4v) is 8.45. The molecule has 0 aliphatic heterocycles. The van der Waals surface area contributed by atoms with Gasteiger partial charge in [0.05, 0.1) is 0 Å². The molecule has 0 bridgehead atoms. The summed E-state index contributed by atoms with van der Waals surface area (Å²) >= 11 is 0. The Hall–Kier alpha value is -5.80. The van der Waals surface area contributed by atoms with Gasteiger partial charge in [-0.2, -0.15) is 0 Å². The second-order valence-electron chi connectivity index (χ2n) is 15.1. The molecule has 0 saturated heterocycles. The lowest BCUT2D eigenvalue weighted by molar-refractivity contribution is 0.0759. The van der Waals surface area contributed by atoms with E-state index in [1.54, 1.807) is 0 Å². The smallest absolute Gasteiger partial charge is 0.142 e. The van der Waals surface area contributed by atoms with Crippen molar-refractivity contribution in [2.45, 2.75) is 52.7 Å². The third kappa shape index (κ3) is 5.40. The zero-order chi connectivity index (χ0) is 37.8. The van der Waals surface area contributed by atoms with Gasteiger partial charge in [0, 0.05) is 11.1 Å². The molecule has 2 unspecified atom stereocenters. The van der Waals surface area contributed by atoms with E-state index in [4.69, 9.17) is 0 Å². The minimum atomic E-state index is -1.65. The first-order valence-electron chi connectivity index (χ1n) is 18.8. The SMILES string of the molecule is CC(C)=C(C)c1ccc(C2(O)c3ccccc3C(O)(c3ccc(C(C)=C(C)C)cc3)c3c2c(-c2ccccc2)c2ccccc2c3-c2ccccc2)cc1. The van der Waals surface area contributed by atoms with E-state index in [9.17, 15) is 10.2 Å². The number of rotatable bonds is 6. The molecule has 0 radical (unpaired) electrons. The monoisotopic (exact) mass is 702 g/mol. The molecular weight excluding hydrogens is 657 g/mol. The van der Waals surface area contributed by atoms with E-state index in [2.05, 4.69) is 139 Å². The molecule has 2 heteroatoms. The molecule has 0 fully saturated rings. The predicted molar refractivity (Wildman–Crippen MR) is 226 cm³/mol. The van der Waals surface area contributed by atoms with E-state index in [0.717, 1.165) is 55.3 Å². The molecule has 7 aromatic rings. The fraction of sp³-hybridized carbons (Fsp3) is 0.154. The van der Waals surface area contributed by atoms with Crippen molar-refractivity contribution >= 4 is 21.9 Å². The van der Waals surface area contributed by atoms with Gasteiger partial charge in [0.25, 0.3) is 0 Å². The van der Waals surface area contributed by atoms with Gasteiger partial charge in [-0.3, -0.25) is 0 Å². The second kappa shape index (κ2) is 13.6. The lowest BCUT2D eigenvalue weighted by atomic mass is 9.59. The van der Waals surface area contributed by atoms with Crippen molar-refractivity contribution in [2.24, 2.45) is 0 Å². The second-order valence-corrected chi connectivity index (χ2v) is 15.1. The maximum atomic E-state index is 14.1. The van der Waals surface area contributed by atoms with Gasteiger partial charge in [0.2, 0.25) is 0 Å². The van der Waals surface area contributed by atoms with E-state index in [-0.39, 0.29) is 0 Å². The summed E-state index contributed by atoms with van der Waals surface area (Å²) in [6, 6.07) is 53.8. The van der Waals surface area contributed by atoms with Crippen LogP contribution in [-0.2, 0) is 11.2 Å². The molecule has 0 saturated carbocycles. The van der Waals surface area contributed by atoms with E-state index in [0.29, 0.717) is 22.3 Å². The molecule has 2 N–H and O–H groups in total. The zero-order valence-corrected chi connectivity index (χ0v) is 31.9. The van der Waals surface area contributed by atoms with Crippen LogP contribution in [0.5, 0.6) is 0 Å². The van der Waals surface area contributed by atoms with Crippen LogP contribution in [-0.4, -0.2) is 10.2 Å². The first kappa shape index (κ1) is 35.2. The first-order valence-corrected chi connectivity index (χ1v) is 18.8. The van der Waals surface area contributed by atoms with Crippen molar-refractivity contribution < 1.29 is 10.2 Å². The van der Waals surface area contributed by atoms with Crippen LogP contribution in [0.25, 0.3) is 44.2 Å². The number of allylic oxidation sites excluding steroid dienone is 4. The quantitative estimate of drug-likeness (QED) is 0.181. The van der Waals surface area contributed by atoms with Crippen LogP contribution in [0.15, 0.2) is 169 Å². The van der Waals surface area contributed by atoms with Crippen LogP contribution in [0, 0.1) is 0 Å². The van der Waals surface area contributed by atoms with Gasteiger partial charge >= 0.3 is 0 Å². The molecule has 54 heavy (non-hydrogen) atoms. The lowest BCUT2D eigenvalue weighted by Gasteiger charge is -2.47. The predicted octanol–water partition coefficient (Wildman–Crippen LogP) is 12.7. The zero-order valence-electron chi connectivity index (χ0n) is 31.9. The Bertz CT molecular complexity index is 2400. The van der Waals surface area contributed by atoms with Gasteiger partial charge in [-0.05, 0) is 119 Å². The molecule has 0 heterocycles. The number of hydrogen-bond acceptors (Lipinski definition) is 2. The molecule has 0 amide bonds. The summed E-state index contributed by atoms with van der Waals surface area (Å²) < 4.78 is 0. The fourth-order valence-electron chi connectivity index (χ4n) is 8.45. The van der Waals surface area contributed by atoms with Crippen molar-refractivity contribution in [2.75, 3.05) is 0 Å². The number of hydrogen-bond donors (Lipinski definition) is 2. The summed E-state index contributed by atoms with van der Waals surface area (Å²) in [6.07, 6.45) is 0. The highest BCUT2D eigenvalue weighted by Crippen LogP contribution is 2.60. The number of fused-ring (bicyclic) bond motifs is 3. The van der Waals surface area contributed by atoms with Crippen molar-refractivity contribution in [3.05, 3.63) is 213 Å². The van der Waals surface area contributed by atoms with Crippen LogP contribution in [0.1, 0.15) is 86.1 Å².